The summed E-state index contributed by atoms with van der Waals surface area (Å²) in [4.78, 5) is 13.6. The van der Waals surface area contributed by atoms with Crippen molar-refractivity contribution in [3.8, 4) is 0 Å². The highest BCUT2D eigenvalue weighted by atomic mass is 35.5. The summed E-state index contributed by atoms with van der Waals surface area (Å²) in [5.74, 6) is 1.13. The van der Waals surface area contributed by atoms with E-state index in [1.165, 1.54) is 11.0 Å². The quantitative estimate of drug-likeness (QED) is 0.927. The second kappa shape index (κ2) is 7.33. The third-order valence-corrected chi connectivity index (χ3v) is 4.14. The Kier molecular flexibility index (Phi) is 6.39. The van der Waals surface area contributed by atoms with Crippen LogP contribution in [-0.2, 0) is 11.3 Å². The minimum Gasteiger partial charge on any atom is -0.340 e. The normalized spacial score (nSPS) is 17.9. The lowest BCUT2D eigenvalue weighted by Crippen LogP contribution is -2.42. The fraction of sp³-hybridized carbons (Fsp3) is 0.417. The number of likely N-dealkylation sites (N-methyl/N-ethyl adjacent to an activating group) is 1. The van der Waals surface area contributed by atoms with Crippen molar-refractivity contribution < 1.29 is 9.18 Å². The smallest absolute Gasteiger partial charge is 0.240 e. The highest BCUT2D eigenvalue weighted by Crippen LogP contribution is 2.21. The van der Waals surface area contributed by atoms with Gasteiger partial charge in [0.25, 0.3) is 0 Å². The van der Waals surface area contributed by atoms with E-state index in [-0.39, 0.29) is 36.7 Å². The first-order chi connectivity index (χ1) is 8.59. The molecule has 19 heavy (non-hydrogen) atoms. The van der Waals surface area contributed by atoms with Gasteiger partial charge >= 0.3 is 0 Å². The van der Waals surface area contributed by atoms with Crippen LogP contribution in [0.1, 0.15) is 5.56 Å². The highest BCUT2D eigenvalue weighted by Gasteiger charge is 2.26. The van der Waals surface area contributed by atoms with Crippen LogP contribution in [0.5, 0.6) is 0 Å². The predicted molar refractivity (Wildman–Crippen MR) is 79.4 cm³/mol. The van der Waals surface area contributed by atoms with Crippen LogP contribution in [0.15, 0.2) is 18.2 Å². The number of thioether (sulfide) groups is 1. The van der Waals surface area contributed by atoms with Crippen molar-refractivity contribution in [2.24, 2.45) is 0 Å². The monoisotopic (exact) mass is 324 g/mol. The lowest BCUT2D eigenvalue weighted by Gasteiger charge is -2.21. The van der Waals surface area contributed by atoms with Gasteiger partial charge in [0.2, 0.25) is 5.91 Å². The molecular weight excluding hydrogens is 310 g/mol. The molecule has 1 aromatic rings. The van der Waals surface area contributed by atoms with Crippen LogP contribution in [0.2, 0.25) is 5.02 Å². The average Bonchev–Trinajstić information content (AvgIpc) is 2.86. The molecule has 0 spiro atoms. The Morgan fingerprint density at radius 3 is 2.95 bits per heavy atom. The van der Waals surface area contributed by atoms with Gasteiger partial charge in [-0.15, -0.1) is 24.2 Å². The number of rotatable bonds is 3. The summed E-state index contributed by atoms with van der Waals surface area (Å²) < 4.78 is 13.6. The Balaban J connectivity index is 0.00000180. The number of carbonyl (C=O) groups is 1. The summed E-state index contributed by atoms with van der Waals surface area (Å²) in [6.07, 6.45) is 0. The fourth-order valence-electron chi connectivity index (χ4n) is 1.82. The fourth-order valence-corrected chi connectivity index (χ4v) is 2.97. The van der Waals surface area contributed by atoms with Crippen molar-refractivity contribution in [2.45, 2.75) is 12.6 Å². The number of hydrogen-bond acceptors (Lipinski definition) is 3. The van der Waals surface area contributed by atoms with E-state index in [0.29, 0.717) is 10.6 Å². The second-order valence-electron chi connectivity index (χ2n) is 4.17. The molecule has 1 aliphatic rings. The molecule has 7 heteroatoms. The highest BCUT2D eigenvalue weighted by molar-refractivity contribution is 7.99. The molecule has 1 N–H and O–H groups in total. The molecule has 3 nitrogen and oxygen atoms in total. The van der Waals surface area contributed by atoms with Gasteiger partial charge in [-0.25, -0.2) is 4.39 Å². The summed E-state index contributed by atoms with van der Waals surface area (Å²) in [7, 11) is 1.66. The van der Waals surface area contributed by atoms with Gasteiger partial charge in [0.1, 0.15) is 5.82 Å². The first-order valence-electron chi connectivity index (χ1n) is 5.58. The topological polar surface area (TPSA) is 32.3 Å². The van der Waals surface area contributed by atoms with E-state index in [9.17, 15) is 9.18 Å². The van der Waals surface area contributed by atoms with E-state index in [0.717, 1.165) is 11.6 Å². The van der Waals surface area contributed by atoms with Crippen molar-refractivity contribution in [1.82, 2.24) is 10.2 Å². The molecule has 0 aliphatic carbocycles. The molecule has 1 aliphatic heterocycles. The van der Waals surface area contributed by atoms with Crippen LogP contribution in [0.4, 0.5) is 4.39 Å². The van der Waals surface area contributed by atoms with Crippen molar-refractivity contribution in [1.29, 1.82) is 0 Å². The largest absolute Gasteiger partial charge is 0.340 e. The van der Waals surface area contributed by atoms with E-state index in [4.69, 9.17) is 11.6 Å². The maximum Gasteiger partial charge on any atom is 0.240 e. The van der Waals surface area contributed by atoms with Gasteiger partial charge in [-0.05, 0) is 12.1 Å². The Hall–Kier alpha value is -0.490. The van der Waals surface area contributed by atoms with E-state index in [1.54, 1.807) is 30.9 Å². The summed E-state index contributed by atoms with van der Waals surface area (Å²) >= 11 is 7.62. The first-order valence-corrected chi connectivity index (χ1v) is 7.12. The Morgan fingerprint density at radius 1 is 1.63 bits per heavy atom. The van der Waals surface area contributed by atoms with E-state index in [2.05, 4.69) is 5.32 Å². The minimum atomic E-state index is -0.379. The lowest BCUT2D eigenvalue weighted by molar-refractivity contribution is -0.131. The summed E-state index contributed by atoms with van der Waals surface area (Å²) in [5.41, 5.74) is 0.362. The van der Waals surface area contributed by atoms with Crippen LogP contribution < -0.4 is 5.32 Å². The van der Waals surface area contributed by atoms with Crippen molar-refractivity contribution in [3.05, 3.63) is 34.6 Å². The van der Waals surface area contributed by atoms with E-state index in [1.807, 2.05) is 0 Å². The Labute approximate surface area is 127 Å². The van der Waals surface area contributed by atoms with Crippen LogP contribution in [0.3, 0.4) is 0 Å². The third-order valence-electron chi connectivity index (χ3n) is 2.85. The third kappa shape index (κ3) is 3.99. The number of nitrogens with zero attached hydrogens (tertiary/aromatic N) is 1. The zero-order valence-electron chi connectivity index (χ0n) is 10.4. The van der Waals surface area contributed by atoms with Gasteiger partial charge in [0, 0.05) is 35.8 Å². The van der Waals surface area contributed by atoms with Crippen molar-refractivity contribution in [2.75, 3.05) is 18.7 Å². The van der Waals surface area contributed by atoms with Crippen molar-refractivity contribution in [3.63, 3.8) is 0 Å². The molecule has 2 rings (SSSR count). The SMILES string of the molecule is CN(Cc1c(F)cccc1Cl)C(=O)[C@H]1CSCN1.Cl. The number of benzene rings is 1. The standard InChI is InChI=1S/C12H14ClFN2OS.ClH/c1-16(12(17)11-6-18-7-15-11)5-8-9(13)3-2-4-10(8)14;/h2-4,11,15H,5-7H2,1H3;1H/t11-;/m1./s1. The number of hydrogen-bond donors (Lipinski definition) is 1. The Bertz CT molecular complexity index is 435. The summed E-state index contributed by atoms with van der Waals surface area (Å²) in [6.45, 7) is 0.188. The number of carbonyl (C=O) groups excluding carboxylic acids is 1. The molecule has 106 valence electrons. The molecule has 1 aromatic carbocycles. The maximum atomic E-state index is 13.6. The minimum absolute atomic E-state index is 0. The average molecular weight is 325 g/mol. The first kappa shape index (κ1) is 16.6. The molecule has 0 aromatic heterocycles. The molecule has 1 saturated heterocycles. The molecule has 1 heterocycles. The summed E-state index contributed by atoms with van der Waals surface area (Å²) in [6, 6.07) is 4.36. The number of amides is 1. The van der Waals surface area contributed by atoms with Gasteiger partial charge in [0.15, 0.2) is 0 Å². The van der Waals surface area contributed by atoms with Crippen LogP contribution >= 0.6 is 35.8 Å². The zero-order chi connectivity index (χ0) is 13.1. The molecule has 0 saturated carbocycles. The van der Waals surface area contributed by atoms with Crippen LogP contribution in [0, 0.1) is 5.82 Å². The number of halogens is 3. The van der Waals surface area contributed by atoms with Gasteiger partial charge in [0.05, 0.1) is 6.04 Å². The van der Waals surface area contributed by atoms with Gasteiger partial charge < -0.3 is 4.90 Å². The van der Waals surface area contributed by atoms with Crippen LogP contribution in [-0.4, -0.2) is 35.5 Å². The molecular formula is C12H15Cl2FN2OS. The Morgan fingerprint density at radius 2 is 2.37 bits per heavy atom. The molecule has 0 unspecified atom stereocenters. The number of nitrogens with one attached hydrogen (secondary N) is 1. The van der Waals surface area contributed by atoms with Crippen molar-refractivity contribution >= 4 is 41.7 Å². The summed E-state index contributed by atoms with van der Waals surface area (Å²) in [5, 5.41) is 3.45. The van der Waals surface area contributed by atoms with E-state index < -0.39 is 0 Å². The van der Waals surface area contributed by atoms with Gasteiger partial charge in [-0.2, -0.15) is 0 Å². The van der Waals surface area contributed by atoms with E-state index >= 15 is 0 Å². The molecule has 1 fully saturated rings. The maximum absolute atomic E-state index is 13.6. The molecule has 1 amide bonds. The lowest BCUT2D eigenvalue weighted by atomic mass is 10.2. The van der Waals surface area contributed by atoms with Gasteiger partial charge in [-0.3, -0.25) is 10.1 Å². The molecule has 0 bridgehead atoms. The second-order valence-corrected chi connectivity index (χ2v) is 5.60. The zero-order valence-corrected chi connectivity index (χ0v) is 12.7. The molecule has 0 radical (unpaired) electrons. The molecule has 1 atom stereocenters. The van der Waals surface area contributed by atoms with Crippen LogP contribution in [0.25, 0.3) is 0 Å². The van der Waals surface area contributed by atoms with Gasteiger partial charge in [-0.1, -0.05) is 17.7 Å². The predicted octanol–water partition coefficient (Wildman–Crippen LogP) is 2.52.